The third-order valence-corrected chi connectivity index (χ3v) is 4.07. The van der Waals surface area contributed by atoms with Crippen LogP contribution >= 0.6 is 11.3 Å². The number of ether oxygens (including phenoxy) is 1. The lowest BCUT2D eigenvalue weighted by atomic mass is 10.1. The van der Waals surface area contributed by atoms with Crippen LogP contribution < -0.4 is 4.90 Å². The first-order chi connectivity index (χ1) is 9.22. The highest BCUT2D eigenvalue weighted by Gasteiger charge is 2.27. The van der Waals surface area contributed by atoms with Gasteiger partial charge in [0.05, 0.1) is 6.10 Å². The van der Waals surface area contributed by atoms with Crippen LogP contribution in [0.4, 0.5) is 5.82 Å². The Bertz CT molecular complexity index is 541. The molecule has 2 aromatic heterocycles. The summed E-state index contributed by atoms with van der Waals surface area (Å²) >= 11 is 1.72. The lowest BCUT2D eigenvalue weighted by Crippen LogP contribution is -2.43. The van der Waals surface area contributed by atoms with Crippen LogP contribution in [0.2, 0.25) is 0 Å². The van der Waals surface area contributed by atoms with E-state index in [0.29, 0.717) is 0 Å². The fourth-order valence-corrected chi connectivity index (χ4v) is 3.19. The minimum absolute atomic E-state index is 0.150. The second-order valence-corrected chi connectivity index (χ2v) is 5.81. The van der Waals surface area contributed by atoms with Gasteiger partial charge in [0.2, 0.25) is 0 Å². The third kappa shape index (κ3) is 2.80. The van der Waals surface area contributed by atoms with E-state index >= 15 is 0 Å². The van der Waals surface area contributed by atoms with Gasteiger partial charge in [-0.1, -0.05) is 6.07 Å². The van der Waals surface area contributed by atoms with Gasteiger partial charge in [0.1, 0.15) is 11.9 Å². The van der Waals surface area contributed by atoms with Crippen molar-refractivity contribution in [2.75, 3.05) is 18.0 Å². The van der Waals surface area contributed by atoms with Gasteiger partial charge in [-0.25, -0.2) is 4.98 Å². The Morgan fingerprint density at radius 3 is 2.95 bits per heavy atom. The predicted octanol–water partition coefficient (Wildman–Crippen LogP) is 3.42. The maximum absolute atomic E-state index is 6.05. The molecule has 0 spiro atoms. The molecule has 0 N–H and O–H groups in total. The fraction of sp³-hybridized carbons (Fsp3) is 0.400. The minimum atomic E-state index is 0.150. The SMILES string of the molecule is Cc1cccc(N2C[C@@H](C)O[C@@H](c3ccsc3)C2)n1. The van der Waals surface area contributed by atoms with Gasteiger partial charge in [-0.15, -0.1) is 0 Å². The number of hydrogen-bond donors (Lipinski definition) is 0. The van der Waals surface area contributed by atoms with Crippen molar-refractivity contribution >= 4 is 17.2 Å². The first-order valence-corrected chi connectivity index (χ1v) is 7.53. The van der Waals surface area contributed by atoms with Gasteiger partial charge >= 0.3 is 0 Å². The van der Waals surface area contributed by atoms with Gasteiger partial charge in [0.15, 0.2) is 0 Å². The molecular formula is C15H18N2OS. The molecule has 3 nitrogen and oxygen atoms in total. The zero-order valence-electron chi connectivity index (χ0n) is 11.2. The van der Waals surface area contributed by atoms with E-state index in [9.17, 15) is 0 Å². The van der Waals surface area contributed by atoms with Crippen molar-refractivity contribution in [1.29, 1.82) is 0 Å². The van der Waals surface area contributed by atoms with E-state index < -0.39 is 0 Å². The molecule has 1 saturated heterocycles. The number of morpholine rings is 1. The average molecular weight is 274 g/mol. The van der Waals surface area contributed by atoms with Gasteiger partial charge in [-0.3, -0.25) is 0 Å². The molecule has 2 atom stereocenters. The van der Waals surface area contributed by atoms with E-state index in [4.69, 9.17) is 4.74 Å². The number of nitrogens with zero attached hydrogens (tertiary/aromatic N) is 2. The van der Waals surface area contributed by atoms with E-state index in [1.165, 1.54) is 5.56 Å². The molecule has 0 bridgehead atoms. The molecular weight excluding hydrogens is 256 g/mol. The van der Waals surface area contributed by atoms with Crippen LogP contribution in [-0.2, 0) is 4.74 Å². The summed E-state index contributed by atoms with van der Waals surface area (Å²) in [4.78, 5) is 6.94. The standard InChI is InChI=1S/C15H18N2OS/c1-11-4-3-5-15(16-11)17-8-12(2)18-14(9-17)13-6-7-19-10-13/h3-7,10,12,14H,8-9H2,1-2H3/t12-,14-/m1/s1. The first kappa shape index (κ1) is 12.6. The molecule has 0 saturated carbocycles. The van der Waals surface area contributed by atoms with Crippen LogP contribution in [0.25, 0.3) is 0 Å². The van der Waals surface area contributed by atoms with Gasteiger partial charge in [0.25, 0.3) is 0 Å². The summed E-state index contributed by atoms with van der Waals surface area (Å²) in [5.74, 6) is 1.05. The molecule has 4 heteroatoms. The highest BCUT2D eigenvalue weighted by molar-refractivity contribution is 7.07. The fourth-order valence-electron chi connectivity index (χ4n) is 2.49. The van der Waals surface area contributed by atoms with Crippen molar-refractivity contribution in [2.24, 2.45) is 0 Å². The highest BCUT2D eigenvalue weighted by atomic mass is 32.1. The van der Waals surface area contributed by atoms with Crippen molar-refractivity contribution in [1.82, 2.24) is 4.98 Å². The number of rotatable bonds is 2. The highest BCUT2D eigenvalue weighted by Crippen LogP contribution is 2.29. The number of aromatic nitrogens is 1. The topological polar surface area (TPSA) is 25.4 Å². The largest absolute Gasteiger partial charge is 0.367 e. The van der Waals surface area contributed by atoms with Crippen molar-refractivity contribution < 1.29 is 4.74 Å². The summed E-state index contributed by atoms with van der Waals surface area (Å²) in [6.45, 7) is 5.93. The molecule has 100 valence electrons. The van der Waals surface area contributed by atoms with Crippen molar-refractivity contribution in [3.63, 3.8) is 0 Å². The predicted molar refractivity (Wildman–Crippen MR) is 78.8 cm³/mol. The van der Waals surface area contributed by atoms with Crippen LogP contribution in [0.3, 0.4) is 0 Å². The molecule has 0 unspecified atom stereocenters. The Morgan fingerprint density at radius 1 is 1.32 bits per heavy atom. The van der Waals surface area contributed by atoms with E-state index in [-0.39, 0.29) is 12.2 Å². The maximum atomic E-state index is 6.05. The Kier molecular flexibility index (Phi) is 3.53. The third-order valence-electron chi connectivity index (χ3n) is 3.37. The Labute approximate surface area is 117 Å². The quantitative estimate of drug-likeness (QED) is 0.839. The van der Waals surface area contributed by atoms with E-state index in [1.54, 1.807) is 11.3 Å². The number of hydrogen-bond acceptors (Lipinski definition) is 4. The lowest BCUT2D eigenvalue weighted by Gasteiger charge is -2.37. The molecule has 1 aliphatic rings. The van der Waals surface area contributed by atoms with Crippen LogP contribution in [0, 0.1) is 6.92 Å². The minimum Gasteiger partial charge on any atom is -0.367 e. The molecule has 0 aliphatic carbocycles. The summed E-state index contributed by atoms with van der Waals surface area (Å²) in [7, 11) is 0. The molecule has 3 heterocycles. The van der Waals surface area contributed by atoms with Crippen LogP contribution in [0.15, 0.2) is 35.0 Å². The van der Waals surface area contributed by atoms with E-state index in [2.05, 4.69) is 45.8 Å². The second kappa shape index (κ2) is 5.31. The maximum Gasteiger partial charge on any atom is 0.128 e. The molecule has 3 rings (SSSR count). The van der Waals surface area contributed by atoms with E-state index in [0.717, 1.165) is 24.6 Å². The van der Waals surface area contributed by atoms with Crippen molar-refractivity contribution in [3.8, 4) is 0 Å². The Hall–Kier alpha value is -1.39. The molecule has 1 fully saturated rings. The first-order valence-electron chi connectivity index (χ1n) is 6.58. The number of aryl methyl sites for hydroxylation is 1. The lowest BCUT2D eigenvalue weighted by molar-refractivity contribution is -0.0174. The van der Waals surface area contributed by atoms with Crippen molar-refractivity contribution in [3.05, 3.63) is 46.3 Å². The molecule has 0 amide bonds. The molecule has 19 heavy (non-hydrogen) atoms. The Balaban J connectivity index is 1.83. The second-order valence-electron chi connectivity index (χ2n) is 5.03. The molecule has 0 aromatic carbocycles. The van der Waals surface area contributed by atoms with Gasteiger partial charge in [0, 0.05) is 18.8 Å². The summed E-state index contributed by atoms with van der Waals surface area (Å²) in [5, 5.41) is 4.28. The zero-order chi connectivity index (χ0) is 13.2. The molecule has 2 aromatic rings. The van der Waals surface area contributed by atoms with Gasteiger partial charge in [-0.05, 0) is 48.4 Å². The number of anilines is 1. The smallest absolute Gasteiger partial charge is 0.128 e. The van der Waals surface area contributed by atoms with Crippen molar-refractivity contribution in [2.45, 2.75) is 26.1 Å². The summed E-state index contributed by atoms with van der Waals surface area (Å²) < 4.78 is 6.05. The van der Waals surface area contributed by atoms with Gasteiger partial charge in [-0.2, -0.15) is 11.3 Å². The van der Waals surface area contributed by atoms with Crippen LogP contribution in [0.1, 0.15) is 24.3 Å². The van der Waals surface area contributed by atoms with E-state index in [1.807, 2.05) is 13.0 Å². The Morgan fingerprint density at radius 2 is 2.21 bits per heavy atom. The molecule has 1 aliphatic heterocycles. The zero-order valence-corrected chi connectivity index (χ0v) is 12.1. The molecule has 0 radical (unpaired) electrons. The van der Waals surface area contributed by atoms with Crippen LogP contribution in [0.5, 0.6) is 0 Å². The average Bonchev–Trinajstić information content (AvgIpc) is 2.92. The van der Waals surface area contributed by atoms with Gasteiger partial charge < -0.3 is 9.64 Å². The number of thiophene rings is 1. The normalized spacial score (nSPS) is 23.6. The summed E-state index contributed by atoms with van der Waals surface area (Å²) in [5.41, 5.74) is 2.33. The van der Waals surface area contributed by atoms with Crippen LogP contribution in [-0.4, -0.2) is 24.2 Å². The summed E-state index contributed by atoms with van der Waals surface area (Å²) in [6, 6.07) is 8.33. The monoisotopic (exact) mass is 274 g/mol. The summed E-state index contributed by atoms with van der Waals surface area (Å²) in [6.07, 6.45) is 0.373. The number of pyridine rings is 1.